The summed E-state index contributed by atoms with van der Waals surface area (Å²) < 4.78 is 13.6. The Morgan fingerprint density at radius 3 is 2.76 bits per heavy atom. The first kappa shape index (κ1) is 12.6. The number of benzene rings is 1. The fourth-order valence-electron chi connectivity index (χ4n) is 2.50. The van der Waals surface area contributed by atoms with Crippen LogP contribution in [0.2, 0.25) is 0 Å². The lowest BCUT2D eigenvalue weighted by atomic mass is 9.82. The number of ether oxygens (including phenoxy) is 1. The SMILES string of the molecule is [2H]C1=C(C(=O)c2cccs2)[C@H](c2ccccc2)CC(OC)=C1. The Morgan fingerprint density at radius 2 is 2.10 bits per heavy atom. The highest BCUT2D eigenvalue weighted by Gasteiger charge is 2.27. The largest absolute Gasteiger partial charge is 0.501 e. The van der Waals surface area contributed by atoms with Gasteiger partial charge in [-0.05, 0) is 23.1 Å². The molecule has 0 unspecified atom stereocenters. The lowest BCUT2D eigenvalue weighted by Gasteiger charge is -2.24. The minimum atomic E-state index is -0.136. The van der Waals surface area contributed by atoms with Crippen molar-refractivity contribution >= 4 is 17.1 Å². The molecule has 0 N–H and O–H groups in total. The van der Waals surface area contributed by atoms with Crippen molar-refractivity contribution in [2.75, 3.05) is 7.11 Å². The number of carbonyl (C=O) groups excluding carboxylic acids is 1. The molecule has 106 valence electrons. The molecule has 1 aliphatic rings. The van der Waals surface area contributed by atoms with Crippen LogP contribution in [-0.4, -0.2) is 12.9 Å². The zero-order valence-electron chi connectivity index (χ0n) is 12.7. The molecule has 1 atom stereocenters. The maximum atomic E-state index is 12.8. The van der Waals surface area contributed by atoms with Crippen LogP contribution in [0.4, 0.5) is 0 Å². The van der Waals surface area contributed by atoms with E-state index in [1.807, 2.05) is 47.8 Å². The van der Waals surface area contributed by atoms with Crippen LogP contribution >= 0.6 is 11.3 Å². The van der Waals surface area contributed by atoms with Gasteiger partial charge in [-0.3, -0.25) is 4.79 Å². The second kappa shape index (κ2) is 6.10. The Labute approximate surface area is 129 Å². The topological polar surface area (TPSA) is 26.3 Å². The highest BCUT2D eigenvalue weighted by molar-refractivity contribution is 7.12. The first-order chi connectivity index (χ1) is 10.7. The summed E-state index contributed by atoms with van der Waals surface area (Å²) in [5.41, 5.74) is 1.59. The molecule has 0 saturated heterocycles. The van der Waals surface area contributed by atoms with E-state index in [-0.39, 0.29) is 17.8 Å². The molecular weight excluding hydrogens is 280 g/mol. The van der Waals surface area contributed by atoms with Crippen LogP contribution in [0.3, 0.4) is 0 Å². The van der Waals surface area contributed by atoms with Gasteiger partial charge < -0.3 is 4.74 Å². The minimum Gasteiger partial charge on any atom is -0.501 e. The molecule has 0 fully saturated rings. The smallest absolute Gasteiger partial charge is 0.199 e. The first-order valence-corrected chi connectivity index (χ1v) is 7.67. The average Bonchev–Trinajstić information content (AvgIpc) is 3.08. The van der Waals surface area contributed by atoms with Gasteiger partial charge in [-0.15, -0.1) is 11.3 Å². The quantitative estimate of drug-likeness (QED) is 0.772. The van der Waals surface area contributed by atoms with E-state index in [9.17, 15) is 4.79 Å². The maximum Gasteiger partial charge on any atom is 0.199 e. The molecule has 2 nitrogen and oxygen atoms in total. The van der Waals surface area contributed by atoms with Gasteiger partial charge in [0.1, 0.15) is 0 Å². The Balaban J connectivity index is 2.08. The molecule has 3 rings (SSSR count). The number of hydrogen-bond acceptors (Lipinski definition) is 3. The van der Waals surface area contributed by atoms with Crippen LogP contribution in [0.15, 0.2) is 71.3 Å². The number of ketones is 1. The standard InChI is InChI=1S/C18H16O2S/c1-20-14-9-10-15(18(19)17-8-5-11-21-17)16(12-14)13-6-3-2-4-7-13/h2-11,16H,12H2,1H3/t16-/m0/s1/i10D. The second-order valence-electron chi connectivity index (χ2n) is 4.85. The summed E-state index contributed by atoms with van der Waals surface area (Å²) in [5, 5.41) is 1.88. The molecule has 0 aliphatic heterocycles. The van der Waals surface area contributed by atoms with Gasteiger partial charge in [0.15, 0.2) is 5.78 Å². The monoisotopic (exact) mass is 297 g/mol. The highest BCUT2D eigenvalue weighted by atomic mass is 32.1. The van der Waals surface area contributed by atoms with Crippen molar-refractivity contribution in [1.82, 2.24) is 0 Å². The van der Waals surface area contributed by atoms with Crippen molar-refractivity contribution in [3.8, 4) is 0 Å². The van der Waals surface area contributed by atoms with Gasteiger partial charge >= 0.3 is 0 Å². The van der Waals surface area contributed by atoms with Gasteiger partial charge in [-0.25, -0.2) is 0 Å². The number of allylic oxidation sites excluding steroid dienone is 4. The Hall–Kier alpha value is -2.13. The fourth-order valence-corrected chi connectivity index (χ4v) is 3.18. The number of thiophene rings is 1. The maximum absolute atomic E-state index is 12.8. The highest BCUT2D eigenvalue weighted by Crippen LogP contribution is 2.36. The van der Waals surface area contributed by atoms with E-state index in [1.165, 1.54) is 11.3 Å². The summed E-state index contributed by atoms with van der Waals surface area (Å²) in [4.78, 5) is 13.5. The Bertz CT molecular complexity index is 730. The van der Waals surface area contributed by atoms with Crippen molar-refractivity contribution in [3.05, 3.63) is 81.7 Å². The van der Waals surface area contributed by atoms with Crippen molar-refractivity contribution < 1.29 is 10.9 Å². The van der Waals surface area contributed by atoms with Crippen LogP contribution in [0.25, 0.3) is 0 Å². The van der Waals surface area contributed by atoms with Crippen molar-refractivity contribution in [2.24, 2.45) is 0 Å². The number of hydrogen-bond donors (Lipinski definition) is 0. The molecule has 3 heteroatoms. The summed E-state index contributed by atoms with van der Waals surface area (Å²) in [6.07, 6.45) is 2.26. The Kier molecular flexibility index (Phi) is 3.66. The van der Waals surface area contributed by atoms with Crippen LogP contribution in [0, 0.1) is 0 Å². The normalized spacial score (nSPS) is 19.0. The molecule has 0 amide bonds. The van der Waals surface area contributed by atoms with Gasteiger partial charge in [0.25, 0.3) is 0 Å². The molecule has 0 spiro atoms. The third-order valence-corrected chi connectivity index (χ3v) is 4.46. The number of rotatable bonds is 4. The molecule has 1 heterocycles. The van der Waals surface area contributed by atoms with E-state index in [2.05, 4.69) is 0 Å². The Morgan fingerprint density at radius 1 is 1.29 bits per heavy atom. The van der Waals surface area contributed by atoms with Gasteiger partial charge in [0.2, 0.25) is 0 Å². The summed E-state index contributed by atoms with van der Waals surface area (Å²) >= 11 is 1.41. The van der Waals surface area contributed by atoms with Crippen LogP contribution in [-0.2, 0) is 4.74 Å². The predicted octanol–water partition coefficient (Wildman–Crippen LogP) is 4.58. The van der Waals surface area contributed by atoms with Gasteiger partial charge in [0, 0.05) is 17.9 Å². The first-order valence-electron chi connectivity index (χ1n) is 7.29. The van der Waals surface area contributed by atoms with Crippen molar-refractivity contribution in [2.45, 2.75) is 12.3 Å². The third-order valence-electron chi connectivity index (χ3n) is 3.60. The lowest BCUT2D eigenvalue weighted by molar-refractivity contribution is 0.102. The molecule has 0 saturated carbocycles. The molecular formula is C18H16O2S. The van der Waals surface area contributed by atoms with Crippen molar-refractivity contribution in [1.29, 1.82) is 0 Å². The lowest BCUT2D eigenvalue weighted by Crippen LogP contribution is -2.15. The zero-order chi connectivity index (χ0) is 15.5. The van der Waals surface area contributed by atoms with Crippen LogP contribution < -0.4 is 0 Å². The molecule has 0 radical (unpaired) electrons. The number of methoxy groups -OCH3 is 1. The number of Topliss-reactive ketones (excluding diaryl/α,β-unsaturated/α-hetero) is 1. The summed E-state index contributed by atoms with van der Waals surface area (Å²) in [5.74, 6) is 0.546. The molecule has 1 aromatic heterocycles. The van der Waals surface area contributed by atoms with Crippen molar-refractivity contribution in [3.63, 3.8) is 0 Å². The summed E-state index contributed by atoms with van der Waals surface area (Å²) in [7, 11) is 1.60. The average molecular weight is 297 g/mol. The van der Waals surface area contributed by atoms with E-state index in [1.54, 1.807) is 13.2 Å². The zero-order valence-corrected chi connectivity index (χ0v) is 12.5. The third kappa shape index (κ3) is 2.83. The fraction of sp³-hybridized carbons (Fsp3) is 0.167. The van der Waals surface area contributed by atoms with Gasteiger partial charge in [-0.1, -0.05) is 42.5 Å². The minimum absolute atomic E-state index is 0.0553. The second-order valence-corrected chi connectivity index (χ2v) is 5.79. The molecule has 2 aromatic rings. The number of carbonyl (C=O) groups is 1. The molecule has 21 heavy (non-hydrogen) atoms. The van der Waals surface area contributed by atoms with E-state index in [4.69, 9.17) is 6.11 Å². The predicted molar refractivity (Wildman–Crippen MR) is 85.6 cm³/mol. The molecule has 1 aromatic carbocycles. The molecule has 0 bridgehead atoms. The van der Waals surface area contributed by atoms with E-state index in [0.717, 1.165) is 11.3 Å². The van der Waals surface area contributed by atoms with E-state index < -0.39 is 0 Å². The summed E-state index contributed by atoms with van der Waals surface area (Å²) in [6, 6.07) is 13.8. The van der Waals surface area contributed by atoms with Gasteiger partial charge in [-0.2, -0.15) is 0 Å². The van der Waals surface area contributed by atoms with Gasteiger partial charge in [0.05, 0.1) is 19.1 Å². The summed E-state index contributed by atoms with van der Waals surface area (Å²) in [6.45, 7) is 0. The van der Waals surface area contributed by atoms with E-state index in [0.29, 0.717) is 16.9 Å². The van der Waals surface area contributed by atoms with Crippen LogP contribution in [0.1, 0.15) is 28.9 Å². The van der Waals surface area contributed by atoms with Crippen LogP contribution in [0.5, 0.6) is 0 Å². The van der Waals surface area contributed by atoms with E-state index >= 15 is 0 Å². The molecule has 1 aliphatic carbocycles.